The van der Waals surface area contributed by atoms with Gasteiger partial charge in [0.2, 0.25) is 0 Å². The molecule has 3 heterocycles. The van der Waals surface area contributed by atoms with E-state index in [0.717, 1.165) is 18.8 Å². The zero-order chi connectivity index (χ0) is 25.5. The Hall–Kier alpha value is -4.32. The number of nitrogens with zero attached hydrogens (tertiary/aromatic N) is 5. The number of allylic oxidation sites excluding steroid dienone is 1. The smallest absolute Gasteiger partial charge is 0.398 e. The van der Waals surface area contributed by atoms with E-state index >= 15 is 0 Å². The number of rotatable bonds is 6. The fraction of sp³-hybridized carbons (Fsp3) is 0.208. The van der Waals surface area contributed by atoms with Gasteiger partial charge in [-0.15, -0.1) is 10.2 Å². The van der Waals surface area contributed by atoms with Crippen LogP contribution in [0.4, 0.5) is 30.5 Å². The highest BCUT2D eigenvalue weighted by atomic mass is 19.4. The number of morpholine rings is 1. The number of aromatic nitrogens is 3. The molecule has 186 valence electrons. The van der Waals surface area contributed by atoms with Crippen LogP contribution in [0.5, 0.6) is 0 Å². The van der Waals surface area contributed by atoms with Crippen molar-refractivity contribution in [1.29, 1.82) is 0 Å². The number of halogens is 3. The van der Waals surface area contributed by atoms with Crippen LogP contribution in [0.15, 0.2) is 72.0 Å². The molecule has 0 bridgehead atoms. The minimum absolute atomic E-state index is 0.0645. The molecule has 0 radical (unpaired) electrons. The first kappa shape index (κ1) is 24.8. The largest absolute Gasteiger partial charge is 0.433 e. The van der Waals surface area contributed by atoms with Gasteiger partial charge in [0.25, 0.3) is 5.91 Å². The number of benzene rings is 1. The molecule has 0 saturated carbocycles. The Balaban J connectivity index is 1.48. The van der Waals surface area contributed by atoms with Gasteiger partial charge in [-0.2, -0.15) is 13.2 Å². The maximum Gasteiger partial charge on any atom is 0.433 e. The van der Waals surface area contributed by atoms with E-state index in [1.807, 2.05) is 6.07 Å². The zero-order valence-electron chi connectivity index (χ0n) is 18.9. The van der Waals surface area contributed by atoms with Crippen molar-refractivity contribution in [3.63, 3.8) is 0 Å². The molecule has 3 aromatic rings. The molecule has 1 aliphatic rings. The van der Waals surface area contributed by atoms with Gasteiger partial charge in [-0.05, 0) is 48.5 Å². The first-order valence-corrected chi connectivity index (χ1v) is 10.9. The number of carbonyl (C=O) groups is 1. The van der Waals surface area contributed by atoms with Crippen LogP contribution in [-0.2, 0) is 4.74 Å². The molecule has 1 aromatic carbocycles. The van der Waals surface area contributed by atoms with Crippen molar-refractivity contribution in [2.75, 3.05) is 36.5 Å². The summed E-state index contributed by atoms with van der Waals surface area (Å²) in [6.45, 7) is 2.68. The van der Waals surface area contributed by atoms with Gasteiger partial charge >= 0.3 is 6.18 Å². The number of ether oxygens (including phenoxy) is 1. The molecular weight excluding hydrogens is 475 g/mol. The highest BCUT2D eigenvalue weighted by molar-refractivity contribution is 6.05. The maximum absolute atomic E-state index is 13.5. The molecule has 1 aliphatic heterocycles. The lowest BCUT2D eigenvalue weighted by Crippen LogP contribution is -2.36. The Labute approximate surface area is 204 Å². The molecule has 4 rings (SSSR count). The van der Waals surface area contributed by atoms with Gasteiger partial charge in [-0.25, -0.2) is 4.99 Å². The second-order valence-corrected chi connectivity index (χ2v) is 7.72. The van der Waals surface area contributed by atoms with Gasteiger partial charge in [0.05, 0.1) is 13.2 Å². The van der Waals surface area contributed by atoms with Crippen molar-refractivity contribution in [3.8, 4) is 0 Å². The van der Waals surface area contributed by atoms with Crippen molar-refractivity contribution in [1.82, 2.24) is 15.2 Å². The van der Waals surface area contributed by atoms with E-state index in [2.05, 4.69) is 30.4 Å². The van der Waals surface area contributed by atoms with Crippen LogP contribution in [0, 0.1) is 0 Å². The average molecular weight is 497 g/mol. The average Bonchev–Trinajstić information content (AvgIpc) is 2.90. The Bertz CT molecular complexity index is 1260. The van der Waals surface area contributed by atoms with E-state index in [-0.39, 0.29) is 17.3 Å². The Morgan fingerprint density at radius 3 is 2.53 bits per heavy atom. The quantitative estimate of drug-likeness (QED) is 0.500. The molecule has 0 atom stereocenters. The molecule has 0 spiro atoms. The van der Waals surface area contributed by atoms with Crippen LogP contribution in [0.25, 0.3) is 5.70 Å². The van der Waals surface area contributed by atoms with Crippen molar-refractivity contribution >= 4 is 34.6 Å². The first-order valence-electron chi connectivity index (χ1n) is 10.9. The van der Waals surface area contributed by atoms with Crippen LogP contribution in [0.2, 0.25) is 0 Å². The number of hydrogen-bond acceptors (Lipinski definition) is 8. The maximum atomic E-state index is 13.5. The second kappa shape index (κ2) is 11.0. The van der Waals surface area contributed by atoms with E-state index in [1.165, 1.54) is 30.6 Å². The van der Waals surface area contributed by atoms with Crippen LogP contribution >= 0.6 is 0 Å². The molecule has 3 N–H and O–H groups in total. The number of nitrogens with two attached hydrogens (primary N) is 1. The van der Waals surface area contributed by atoms with Gasteiger partial charge in [0, 0.05) is 48.0 Å². The minimum Gasteiger partial charge on any atom is -0.398 e. The molecule has 36 heavy (non-hydrogen) atoms. The van der Waals surface area contributed by atoms with Gasteiger partial charge < -0.3 is 20.7 Å². The first-order chi connectivity index (χ1) is 17.3. The van der Waals surface area contributed by atoms with E-state index in [9.17, 15) is 18.0 Å². The van der Waals surface area contributed by atoms with Crippen LogP contribution < -0.4 is 16.0 Å². The molecular formula is C24H22F3N7O2. The summed E-state index contributed by atoms with van der Waals surface area (Å²) in [7, 11) is 0. The third-order valence-electron chi connectivity index (χ3n) is 5.19. The fourth-order valence-electron chi connectivity index (χ4n) is 3.37. The van der Waals surface area contributed by atoms with Gasteiger partial charge in [0.1, 0.15) is 5.71 Å². The zero-order valence-corrected chi connectivity index (χ0v) is 18.9. The molecule has 0 aliphatic carbocycles. The van der Waals surface area contributed by atoms with E-state index < -0.39 is 17.8 Å². The van der Waals surface area contributed by atoms with Gasteiger partial charge in [0.15, 0.2) is 11.6 Å². The minimum atomic E-state index is -4.78. The summed E-state index contributed by atoms with van der Waals surface area (Å²) in [6.07, 6.45) is -1.26. The third-order valence-corrected chi connectivity index (χ3v) is 5.19. The van der Waals surface area contributed by atoms with Gasteiger partial charge in [-0.3, -0.25) is 9.78 Å². The molecule has 9 nitrogen and oxygen atoms in total. The number of aliphatic imine (C=N–C) groups is 1. The number of carbonyl (C=O) groups excluding carboxylic acids is 1. The molecule has 12 heteroatoms. The number of pyridine rings is 1. The summed E-state index contributed by atoms with van der Waals surface area (Å²) >= 11 is 0. The summed E-state index contributed by atoms with van der Waals surface area (Å²) in [5.74, 6) is -0.668. The molecule has 1 amide bonds. The summed E-state index contributed by atoms with van der Waals surface area (Å²) in [5.41, 5.74) is 5.98. The third kappa shape index (κ3) is 6.42. The highest BCUT2D eigenvalue weighted by Crippen LogP contribution is 2.24. The van der Waals surface area contributed by atoms with Crippen molar-refractivity contribution in [2.24, 2.45) is 10.7 Å². The number of hydrogen-bond donors (Lipinski definition) is 2. The lowest BCUT2D eigenvalue weighted by Gasteiger charge is -2.29. The molecule has 1 fully saturated rings. The van der Waals surface area contributed by atoms with E-state index in [0.29, 0.717) is 30.4 Å². The standard InChI is InChI=1S/C24H22F3N7O2/c25-24(26,27)20(14-19(28)17-4-2-8-29-15-17)30-21-6-7-22(33-32-21)31-23(35)16-3-1-5-18(13-16)34-9-11-36-12-10-34/h1-8,13-15H,9-12,28H2,(H,31,33,35). The van der Waals surface area contributed by atoms with Crippen LogP contribution in [0.3, 0.4) is 0 Å². The molecule has 2 aromatic heterocycles. The number of nitrogens with one attached hydrogen (secondary N) is 1. The van der Waals surface area contributed by atoms with E-state index in [4.69, 9.17) is 10.5 Å². The predicted octanol–water partition coefficient (Wildman–Crippen LogP) is 3.60. The van der Waals surface area contributed by atoms with Crippen molar-refractivity contribution in [3.05, 3.63) is 78.1 Å². The number of alkyl halides is 3. The SMILES string of the molecule is NC(=CC(=Nc1ccc(NC(=O)c2cccc(N3CCOCC3)c2)nn1)C(F)(F)F)c1cccnc1. The lowest BCUT2D eigenvalue weighted by molar-refractivity contribution is -0.0576. The lowest BCUT2D eigenvalue weighted by atomic mass is 10.1. The van der Waals surface area contributed by atoms with E-state index in [1.54, 1.807) is 24.3 Å². The summed E-state index contributed by atoms with van der Waals surface area (Å²) < 4.78 is 45.9. The topological polar surface area (TPSA) is 119 Å². The highest BCUT2D eigenvalue weighted by Gasteiger charge is 2.34. The molecule has 1 saturated heterocycles. The van der Waals surface area contributed by atoms with Crippen LogP contribution in [-0.4, -0.2) is 59.3 Å². The van der Waals surface area contributed by atoms with Crippen molar-refractivity contribution in [2.45, 2.75) is 6.18 Å². The summed E-state index contributed by atoms with van der Waals surface area (Å²) in [5, 5.41) is 10.1. The van der Waals surface area contributed by atoms with Gasteiger partial charge in [-0.1, -0.05) is 6.07 Å². The van der Waals surface area contributed by atoms with Crippen LogP contribution in [0.1, 0.15) is 15.9 Å². The monoisotopic (exact) mass is 497 g/mol. The normalized spacial score (nSPS) is 15.0. The summed E-state index contributed by atoms with van der Waals surface area (Å²) in [4.78, 5) is 22.2. The predicted molar refractivity (Wildman–Crippen MR) is 129 cm³/mol. The Kier molecular flexibility index (Phi) is 7.54. The van der Waals surface area contributed by atoms with Crippen molar-refractivity contribution < 1.29 is 22.7 Å². The molecule has 0 unspecified atom stereocenters. The Morgan fingerprint density at radius 1 is 1.08 bits per heavy atom. The summed E-state index contributed by atoms with van der Waals surface area (Å²) in [6, 6.07) is 12.7. The second-order valence-electron chi connectivity index (χ2n) is 7.72. The Morgan fingerprint density at radius 2 is 1.86 bits per heavy atom. The number of anilines is 2. The fourth-order valence-corrected chi connectivity index (χ4v) is 3.37. The number of amides is 1.